The van der Waals surface area contributed by atoms with Gasteiger partial charge in [-0.1, -0.05) is 30.3 Å². The van der Waals surface area contributed by atoms with Crippen molar-refractivity contribution in [3.8, 4) is 5.75 Å². The Balaban J connectivity index is 1.40. The van der Waals surface area contributed by atoms with Crippen LogP contribution in [0.3, 0.4) is 0 Å². The topological polar surface area (TPSA) is 103 Å². The molecule has 0 aliphatic carbocycles. The summed E-state index contributed by atoms with van der Waals surface area (Å²) in [6.45, 7) is 0.166. The van der Waals surface area contributed by atoms with Gasteiger partial charge in [0.25, 0.3) is 0 Å². The van der Waals surface area contributed by atoms with Crippen molar-refractivity contribution in [2.24, 2.45) is 0 Å². The number of rotatable bonds is 11. The summed E-state index contributed by atoms with van der Waals surface area (Å²) in [5, 5.41) is 28.4. The van der Waals surface area contributed by atoms with Gasteiger partial charge in [-0.05, 0) is 60.5 Å². The predicted octanol–water partition coefficient (Wildman–Crippen LogP) is 3.40. The Kier molecular flexibility index (Phi) is 9.19. The van der Waals surface area contributed by atoms with Crippen molar-refractivity contribution in [1.29, 1.82) is 0 Å². The van der Waals surface area contributed by atoms with Crippen LogP contribution in [-0.4, -0.2) is 48.1 Å². The van der Waals surface area contributed by atoms with Gasteiger partial charge < -0.3 is 30.9 Å². The third-order valence-corrected chi connectivity index (χ3v) is 4.84. The van der Waals surface area contributed by atoms with Gasteiger partial charge in [-0.3, -0.25) is 0 Å². The maximum Gasteiger partial charge on any atom is 0.323 e. The number of para-hydroxylation sites is 1. The molecule has 33 heavy (non-hydrogen) atoms. The Bertz CT molecular complexity index is 985. The van der Waals surface area contributed by atoms with Gasteiger partial charge in [-0.2, -0.15) is 0 Å². The molecule has 0 fully saturated rings. The highest BCUT2D eigenvalue weighted by molar-refractivity contribution is 5.99. The van der Waals surface area contributed by atoms with Gasteiger partial charge in [0, 0.05) is 24.0 Å². The minimum Gasteiger partial charge on any atom is -0.491 e. The Hall–Kier alpha value is -3.46. The number of aliphatic hydroxyl groups excluding tert-OH is 2. The molecule has 3 rings (SSSR count). The van der Waals surface area contributed by atoms with E-state index in [1.165, 1.54) is 24.3 Å². The first kappa shape index (κ1) is 24.2. The fourth-order valence-electron chi connectivity index (χ4n) is 3.11. The van der Waals surface area contributed by atoms with E-state index in [1.54, 1.807) is 24.3 Å². The second kappa shape index (κ2) is 12.5. The summed E-state index contributed by atoms with van der Waals surface area (Å²) in [6.07, 6.45) is -0.253. The van der Waals surface area contributed by atoms with Crippen LogP contribution in [0.1, 0.15) is 5.56 Å². The van der Waals surface area contributed by atoms with E-state index < -0.39 is 6.10 Å². The second-order valence-electron chi connectivity index (χ2n) is 7.55. The summed E-state index contributed by atoms with van der Waals surface area (Å²) in [6, 6.07) is 21.5. The molecule has 0 unspecified atom stereocenters. The van der Waals surface area contributed by atoms with Crippen LogP contribution in [-0.2, 0) is 6.42 Å². The lowest BCUT2D eigenvalue weighted by atomic mass is 10.1. The van der Waals surface area contributed by atoms with E-state index in [-0.39, 0.29) is 37.6 Å². The van der Waals surface area contributed by atoms with Crippen molar-refractivity contribution in [3.05, 3.63) is 90.2 Å². The Labute approximate surface area is 192 Å². The van der Waals surface area contributed by atoms with Gasteiger partial charge in [0.15, 0.2) is 0 Å². The second-order valence-corrected chi connectivity index (χ2v) is 7.55. The first-order chi connectivity index (χ1) is 16.0. The number of benzene rings is 3. The molecule has 0 bridgehead atoms. The monoisotopic (exact) mass is 453 g/mol. The predicted molar refractivity (Wildman–Crippen MR) is 126 cm³/mol. The van der Waals surface area contributed by atoms with E-state index in [1.807, 2.05) is 30.3 Å². The van der Waals surface area contributed by atoms with Crippen molar-refractivity contribution in [2.75, 3.05) is 30.4 Å². The number of carbonyl (C=O) groups excluding carboxylic acids is 1. The number of urea groups is 1. The number of nitrogens with one attached hydrogen (secondary N) is 3. The van der Waals surface area contributed by atoms with Crippen LogP contribution in [0.4, 0.5) is 20.6 Å². The van der Waals surface area contributed by atoms with Crippen LogP contribution < -0.4 is 20.7 Å². The molecular formula is C25H28FN3O4. The molecule has 3 aromatic rings. The molecule has 0 saturated carbocycles. The highest BCUT2D eigenvalue weighted by Crippen LogP contribution is 2.13. The number of anilines is 2. The molecule has 0 spiro atoms. The molecule has 0 radical (unpaired) electrons. The highest BCUT2D eigenvalue weighted by atomic mass is 19.1. The minimum absolute atomic E-state index is 0.0438. The maximum absolute atomic E-state index is 12.9. The van der Waals surface area contributed by atoms with E-state index in [0.29, 0.717) is 23.5 Å². The summed E-state index contributed by atoms with van der Waals surface area (Å²) in [5.41, 5.74) is 2.32. The van der Waals surface area contributed by atoms with Crippen molar-refractivity contribution in [1.82, 2.24) is 5.32 Å². The molecule has 0 aliphatic rings. The first-order valence-electron chi connectivity index (χ1n) is 10.6. The largest absolute Gasteiger partial charge is 0.491 e. The van der Waals surface area contributed by atoms with E-state index >= 15 is 0 Å². The third kappa shape index (κ3) is 8.53. The third-order valence-electron chi connectivity index (χ3n) is 4.84. The molecule has 8 heteroatoms. The standard InChI is InChI=1S/C25H28FN3O4/c26-19-8-12-24(13-9-19)33-17-23(31)15-27-22(16-30)14-18-6-10-21(11-7-18)29-25(32)28-20-4-2-1-3-5-20/h1-13,22-23,27,30-31H,14-17H2,(H2,28,29,32)/t22-,23-/m0/s1. The van der Waals surface area contributed by atoms with E-state index in [2.05, 4.69) is 16.0 Å². The average molecular weight is 454 g/mol. The molecule has 5 N–H and O–H groups in total. The smallest absolute Gasteiger partial charge is 0.323 e. The SMILES string of the molecule is O=C(Nc1ccccc1)Nc1ccc(C[C@@H](CO)NC[C@H](O)COc2ccc(F)cc2)cc1. The van der Waals surface area contributed by atoms with Crippen LogP contribution in [0, 0.1) is 5.82 Å². The molecule has 7 nitrogen and oxygen atoms in total. The summed E-state index contributed by atoms with van der Waals surface area (Å²) in [7, 11) is 0. The summed E-state index contributed by atoms with van der Waals surface area (Å²) >= 11 is 0. The number of hydrogen-bond acceptors (Lipinski definition) is 5. The zero-order valence-corrected chi connectivity index (χ0v) is 18.1. The van der Waals surface area contributed by atoms with Gasteiger partial charge in [-0.15, -0.1) is 0 Å². The molecular weight excluding hydrogens is 425 g/mol. The fourth-order valence-corrected chi connectivity index (χ4v) is 3.11. The average Bonchev–Trinajstić information content (AvgIpc) is 2.83. The molecule has 2 atom stereocenters. The number of carbonyl (C=O) groups is 1. The zero-order valence-electron chi connectivity index (χ0n) is 18.1. The van der Waals surface area contributed by atoms with Gasteiger partial charge in [0.05, 0.1) is 6.61 Å². The van der Waals surface area contributed by atoms with E-state index in [4.69, 9.17) is 4.74 Å². The maximum atomic E-state index is 12.9. The fraction of sp³-hybridized carbons (Fsp3) is 0.240. The quantitative estimate of drug-likeness (QED) is 0.306. The van der Waals surface area contributed by atoms with Crippen molar-refractivity contribution >= 4 is 17.4 Å². The summed E-state index contributed by atoms with van der Waals surface area (Å²) in [4.78, 5) is 12.1. The molecule has 2 amide bonds. The normalized spacial score (nSPS) is 12.6. The van der Waals surface area contributed by atoms with Crippen LogP contribution in [0.25, 0.3) is 0 Å². The van der Waals surface area contributed by atoms with Gasteiger partial charge in [-0.25, -0.2) is 9.18 Å². The lowest BCUT2D eigenvalue weighted by Crippen LogP contribution is -2.41. The Morgan fingerprint density at radius 2 is 1.55 bits per heavy atom. The minimum atomic E-state index is -0.793. The number of aliphatic hydroxyl groups is 2. The molecule has 0 saturated heterocycles. The van der Waals surface area contributed by atoms with Gasteiger partial charge in [0.1, 0.15) is 24.3 Å². The lowest BCUT2D eigenvalue weighted by Gasteiger charge is -2.19. The Morgan fingerprint density at radius 1 is 0.909 bits per heavy atom. The van der Waals surface area contributed by atoms with Crippen molar-refractivity contribution in [3.63, 3.8) is 0 Å². The van der Waals surface area contributed by atoms with E-state index in [9.17, 15) is 19.4 Å². The number of halogens is 1. The lowest BCUT2D eigenvalue weighted by molar-refractivity contribution is 0.0997. The number of ether oxygens (including phenoxy) is 1. The summed E-state index contributed by atoms with van der Waals surface area (Å²) in [5.74, 6) is 0.120. The first-order valence-corrected chi connectivity index (χ1v) is 10.6. The molecule has 174 valence electrons. The summed E-state index contributed by atoms with van der Waals surface area (Å²) < 4.78 is 18.3. The van der Waals surface area contributed by atoms with Crippen molar-refractivity contribution in [2.45, 2.75) is 18.6 Å². The van der Waals surface area contributed by atoms with Crippen LogP contribution in [0.15, 0.2) is 78.9 Å². The number of amides is 2. The Morgan fingerprint density at radius 3 is 2.18 bits per heavy atom. The number of hydrogen-bond donors (Lipinski definition) is 5. The molecule has 0 aromatic heterocycles. The van der Waals surface area contributed by atoms with Crippen LogP contribution in [0.5, 0.6) is 5.75 Å². The van der Waals surface area contributed by atoms with E-state index in [0.717, 1.165) is 5.56 Å². The van der Waals surface area contributed by atoms with Gasteiger partial charge in [0.2, 0.25) is 0 Å². The van der Waals surface area contributed by atoms with Crippen LogP contribution in [0.2, 0.25) is 0 Å². The molecule has 0 aliphatic heterocycles. The van der Waals surface area contributed by atoms with Crippen molar-refractivity contribution < 1.29 is 24.1 Å². The molecule has 3 aromatic carbocycles. The molecule has 0 heterocycles. The highest BCUT2D eigenvalue weighted by Gasteiger charge is 2.12. The zero-order chi connectivity index (χ0) is 23.5. The van der Waals surface area contributed by atoms with Gasteiger partial charge >= 0.3 is 6.03 Å². The van der Waals surface area contributed by atoms with Crippen LogP contribution >= 0.6 is 0 Å².